The number of nitrogens with two attached hydrogens (primary N) is 1. The van der Waals surface area contributed by atoms with Gasteiger partial charge in [-0.25, -0.2) is 13.2 Å². The molecule has 2 rings (SSSR count). The highest BCUT2D eigenvalue weighted by molar-refractivity contribution is 5.49. The topological polar surface area (TPSA) is 29.3 Å². The van der Waals surface area contributed by atoms with Crippen molar-refractivity contribution in [2.45, 2.75) is 13.0 Å². The van der Waals surface area contributed by atoms with Gasteiger partial charge in [-0.05, 0) is 48.9 Å². The van der Waals surface area contributed by atoms with Crippen molar-refractivity contribution in [3.63, 3.8) is 0 Å². The van der Waals surface area contributed by atoms with Crippen LogP contribution in [0.15, 0.2) is 42.5 Å². The summed E-state index contributed by atoms with van der Waals surface area (Å²) in [5, 5.41) is 0. The summed E-state index contributed by atoms with van der Waals surface area (Å²) >= 11 is 0. The average molecular weight is 294 g/mol. The van der Waals surface area contributed by atoms with Gasteiger partial charge in [-0.3, -0.25) is 0 Å². The lowest BCUT2D eigenvalue weighted by Gasteiger charge is -2.32. The zero-order valence-corrected chi connectivity index (χ0v) is 11.7. The van der Waals surface area contributed by atoms with Gasteiger partial charge in [0.2, 0.25) is 0 Å². The second-order valence-corrected chi connectivity index (χ2v) is 4.69. The van der Waals surface area contributed by atoms with Gasteiger partial charge in [-0.15, -0.1) is 0 Å². The van der Waals surface area contributed by atoms with Crippen LogP contribution >= 0.6 is 0 Å². The molecule has 2 nitrogen and oxygen atoms in total. The van der Waals surface area contributed by atoms with Crippen LogP contribution in [0.4, 0.5) is 18.9 Å². The molecule has 0 aliphatic carbocycles. The third-order valence-electron chi connectivity index (χ3n) is 3.43. The standard InChI is InChI=1S/C16H17F3N2/c1-2-21(13-6-4-12(17)5-7-13)16(10-20)11-3-8-14(18)15(19)9-11/h3-9,16H,2,10,20H2,1H3. The molecule has 0 aliphatic heterocycles. The van der Waals surface area contributed by atoms with Crippen molar-refractivity contribution in [2.75, 3.05) is 18.0 Å². The molecule has 0 radical (unpaired) electrons. The fourth-order valence-corrected chi connectivity index (χ4v) is 2.38. The van der Waals surface area contributed by atoms with E-state index in [1.165, 1.54) is 18.2 Å². The Kier molecular flexibility index (Phi) is 4.85. The Balaban J connectivity index is 2.36. The number of nitrogens with zero attached hydrogens (tertiary/aromatic N) is 1. The number of hydrogen-bond donors (Lipinski definition) is 1. The minimum absolute atomic E-state index is 0.232. The van der Waals surface area contributed by atoms with E-state index in [2.05, 4.69) is 0 Å². The third kappa shape index (κ3) is 3.36. The first kappa shape index (κ1) is 15.4. The average Bonchev–Trinajstić information content (AvgIpc) is 2.49. The van der Waals surface area contributed by atoms with E-state index in [9.17, 15) is 13.2 Å². The van der Waals surface area contributed by atoms with Crippen LogP contribution in [-0.2, 0) is 0 Å². The van der Waals surface area contributed by atoms with Crippen LogP contribution in [0.5, 0.6) is 0 Å². The summed E-state index contributed by atoms with van der Waals surface area (Å²) in [5.74, 6) is -2.12. The largest absolute Gasteiger partial charge is 0.363 e. The molecule has 1 unspecified atom stereocenters. The van der Waals surface area contributed by atoms with Gasteiger partial charge in [0, 0.05) is 18.8 Å². The summed E-state index contributed by atoms with van der Waals surface area (Å²) in [7, 11) is 0. The first-order valence-electron chi connectivity index (χ1n) is 6.74. The Labute approximate surface area is 122 Å². The molecule has 0 bridgehead atoms. The van der Waals surface area contributed by atoms with Crippen LogP contribution in [0.1, 0.15) is 18.5 Å². The van der Waals surface area contributed by atoms with Crippen LogP contribution in [0.2, 0.25) is 0 Å². The predicted molar refractivity (Wildman–Crippen MR) is 77.6 cm³/mol. The second-order valence-electron chi connectivity index (χ2n) is 4.69. The van der Waals surface area contributed by atoms with E-state index in [0.717, 1.165) is 17.8 Å². The SMILES string of the molecule is CCN(c1ccc(F)cc1)C(CN)c1ccc(F)c(F)c1. The Hall–Kier alpha value is -2.01. The molecule has 0 aromatic heterocycles. The van der Waals surface area contributed by atoms with Crippen molar-refractivity contribution in [3.05, 3.63) is 65.5 Å². The zero-order valence-electron chi connectivity index (χ0n) is 11.7. The fourth-order valence-electron chi connectivity index (χ4n) is 2.38. The number of benzene rings is 2. The molecule has 21 heavy (non-hydrogen) atoms. The van der Waals surface area contributed by atoms with Crippen molar-refractivity contribution in [2.24, 2.45) is 5.73 Å². The maximum atomic E-state index is 13.4. The molecule has 0 aliphatic rings. The van der Waals surface area contributed by atoms with Gasteiger partial charge < -0.3 is 10.6 Å². The number of hydrogen-bond acceptors (Lipinski definition) is 2. The summed E-state index contributed by atoms with van der Waals surface area (Å²) < 4.78 is 39.5. The van der Waals surface area contributed by atoms with E-state index in [-0.39, 0.29) is 18.4 Å². The summed E-state index contributed by atoms with van der Waals surface area (Å²) in [6.45, 7) is 2.76. The van der Waals surface area contributed by atoms with Crippen LogP contribution in [0.3, 0.4) is 0 Å². The molecule has 0 saturated carbocycles. The van der Waals surface area contributed by atoms with E-state index < -0.39 is 11.6 Å². The van der Waals surface area contributed by atoms with E-state index in [1.54, 1.807) is 12.1 Å². The van der Waals surface area contributed by atoms with Gasteiger partial charge >= 0.3 is 0 Å². The summed E-state index contributed by atoms with van der Waals surface area (Å²) in [6.07, 6.45) is 0. The molecule has 0 saturated heterocycles. The van der Waals surface area contributed by atoms with Crippen LogP contribution in [0.25, 0.3) is 0 Å². The summed E-state index contributed by atoms with van der Waals surface area (Å²) in [6, 6.07) is 9.44. The number of anilines is 1. The monoisotopic (exact) mass is 294 g/mol. The Morgan fingerprint density at radius 3 is 2.19 bits per heavy atom. The summed E-state index contributed by atoms with van der Waals surface area (Å²) in [4.78, 5) is 1.92. The predicted octanol–water partition coefficient (Wildman–Crippen LogP) is 3.63. The van der Waals surface area contributed by atoms with Crippen molar-refractivity contribution >= 4 is 5.69 Å². The molecule has 0 heterocycles. The van der Waals surface area contributed by atoms with Gasteiger partial charge in [-0.1, -0.05) is 6.07 Å². The van der Waals surface area contributed by atoms with Crippen molar-refractivity contribution in [1.29, 1.82) is 0 Å². The minimum atomic E-state index is -0.902. The summed E-state index contributed by atoms with van der Waals surface area (Å²) in [5.41, 5.74) is 7.17. The van der Waals surface area contributed by atoms with Crippen LogP contribution < -0.4 is 10.6 Å². The molecule has 0 spiro atoms. The molecule has 5 heteroatoms. The third-order valence-corrected chi connectivity index (χ3v) is 3.43. The Morgan fingerprint density at radius 1 is 1.00 bits per heavy atom. The van der Waals surface area contributed by atoms with Gasteiger partial charge in [-0.2, -0.15) is 0 Å². The van der Waals surface area contributed by atoms with Crippen molar-refractivity contribution < 1.29 is 13.2 Å². The van der Waals surface area contributed by atoms with E-state index in [1.807, 2.05) is 11.8 Å². The number of halogens is 3. The second kappa shape index (κ2) is 6.63. The van der Waals surface area contributed by atoms with Gasteiger partial charge in [0.25, 0.3) is 0 Å². The molecular weight excluding hydrogens is 277 g/mol. The number of rotatable bonds is 5. The van der Waals surface area contributed by atoms with Gasteiger partial charge in [0.15, 0.2) is 11.6 Å². The van der Waals surface area contributed by atoms with Crippen LogP contribution in [-0.4, -0.2) is 13.1 Å². The highest BCUT2D eigenvalue weighted by Crippen LogP contribution is 2.27. The lowest BCUT2D eigenvalue weighted by Crippen LogP contribution is -2.33. The highest BCUT2D eigenvalue weighted by atomic mass is 19.2. The highest BCUT2D eigenvalue weighted by Gasteiger charge is 2.19. The first-order valence-corrected chi connectivity index (χ1v) is 6.74. The Bertz CT molecular complexity index is 599. The van der Waals surface area contributed by atoms with Crippen molar-refractivity contribution in [1.82, 2.24) is 0 Å². The van der Waals surface area contributed by atoms with E-state index >= 15 is 0 Å². The normalized spacial score (nSPS) is 12.2. The molecule has 0 fully saturated rings. The van der Waals surface area contributed by atoms with Gasteiger partial charge in [0.1, 0.15) is 5.82 Å². The molecule has 0 amide bonds. The quantitative estimate of drug-likeness (QED) is 0.912. The smallest absolute Gasteiger partial charge is 0.159 e. The molecule has 2 aromatic carbocycles. The maximum Gasteiger partial charge on any atom is 0.159 e. The molecular formula is C16H17F3N2. The molecule has 1 atom stereocenters. The van der Waals surface area contributed by atoms with Crippen LogP contribution in [0, 0.1) is 17.5 Å². The lowest BCUT2D eigenvalue weighted by atomic mass is 10.0. The van der Waals surface area contributed by atoms with E-state index in [0.29, 0.717) is 12.1 Å². The minimum Gasteiger partial charge on any atom is -0.363 e. The molecule has 2 N–H and O–H groups in total. The van der Waals surface area contributed by atoms with Gasteiger partial charge in [0.05, 0.1) is 6.04 Å². The molecule has 112 valence electrons. The van der Waals surface area contributed by atoms with Crippen molar-refractivity contribution in [3.8, 4) is 0 Å². The number of likely N-dealkylation sites (N-methyl/N-ethyl adjacent to an activating group) is 1. The molecule has 2 aromatic rings. The first-order chi connectivity index (χ1) is 10.1. The maximum absolute atomic E-state index is 13.4. The Morgan fingerprint density at radius 2 is 1.67 bits per heavy atom. The fraction of sp³-hybridized carbons (Fsp3) is 0.250. The zero-order chi connectivity index (χ0) is 15.4. The van der Waals surface area contributed by atoms with E-state index in [4.69, 9.17) is 5.73 Å². The lowest BCUT2D eigenvalue weighted by molar-refractivity contribution is 0.504.